The predicted molar refractivity (Wildman–Crippen MR) is 59.5 cm³/mol. The molecule has 1 atom stereocenters. The Morgan fingerprint density at radius 2 is 2.27 bits per heavy atom. The number of nitrogens with two attached hydrogens (primary N) is 1. The molecule has 0 aromatic carbocycles. The quantitative estimate of drug-likeness (QED) is 0.687. The molecule has 0 saturated heterocycles. The standard InChI is InChI=1S/C11H22N2O2/c1-8(12)4-3-5-11(14)13-9-6-10(7-9)15-2/h8-10H,3-7,12H2,1-2H3,(H,13,14). The van der Waals surface area contributed by atoms with Crippen molar-refractivity contribution in [3.05, 3.63) is 0 Å². The van der Waals surface area contributed by atoms with Crippen LogP contribution in [0.25, 0.3) is 0 Å². The first kappa shape index (κ1) is 12.5. The van der Waals surface area contributed by atoms with Gasteiger partial charge in [-0.1, -0.05) is 0 Å². The SMILES string of the molecule is COC1CC(NC(=O)CCCC(C)N)C1. The van der Waals surface area contributed by atoms with E-state index >= 15 is 0 Å². The fourth-order valence-corrected chi connectivity index (χ4v) is 1.76. The summed E-state index contributed by atoms with van der Waals surface area (Å²) in [6.07, 6.45) is 4.64. The first-order valence-corrected chi connectivity index (χ1v) is 5.69. The Balaban J connectivity index is 2.00. The Labute approximate surface area is 91.5 Å². The third-order valence-electron chi connectivity index (χ3n) is 2.86. The van der Waals surface area contributed by atoms with Crippen LogP contribution in [0.5, 0.6) is 0 Å². The predicted octanol–water partition coefficient (Wildman–Crippen LogP) is 0.797. The van der Waals surface area contributed by atoms with Gasteiger partial charge >= 0.3 is 0 Å². The van der Waals surface area contributed by atoms with Gasteiger partial charge in [0.15, 0.2) is 0 Å². The molecule has 15 heavy (non-hydrogen) atoms. The van der Waals surface area contributed by atoms with Crippen molar-refractivity contribution in [2.45, 2.75) is 57.2 Å². The summed E-state index contributed by atoms with van der Waals surface area (Å²) in [5, 5.41) is 2.99. The Morgan fingerprint density at radius 3 is 2.80 bits per heavy atom. The second-order valence-corrected chi connectivity index (χ2v) is 4.46. The highest BCUT2D eigenvalue weighted by Gasteiger charge is 2.29. The molecule has 0 radical (unpaired) electrons. The van der Waals surface area contributed by atoms with E-state index in [4.69, 9.17) is 10.5 Å². The van der Waals surface area contributed by atoms with Crippen LogP contribution in [-0.2, 0) is 9.53 Å². The lowest BCUT2D eigenvalue weighted by Gasteiger charge is -2.34. The minimum absolute atomic E-state index is 0.148. The van der Waals surface area contributed by atoms with Crippen LogP contribution in [0, 0.1) is 0 Å². The highest BCUT2D eigenvalue weighted by molar-refractivity contribution is 5.76. The van der Waals surface area contributed by atoms with Gasteiger partial charge in [0.1, 0.15) is 0 Å². The van der Waals surface area contributed by atoms with Crippen LogP contribution >= 0.6 is 0 Å². The maximum absolute atomic E-state index is 11.4. The van der Waals surface area contributed by atoms with Crippen molar-refractivity contribution >= 4 is 5.91 Å². The van der Waals surface area contributed by atoms with Crippen LogP contribution in [0.1, 0.15) is 39.0 Å². The lowest BCUT2D eigenvalue weighted by molar-refractivity contribution is -0.123. The van der Waals surface area contributed by atoms with Crippen molar-refractivity contribution in [2.75, 3.05) is 7.11 Å². The van der Waals surface area contributed by atoms with Crippen LogP contribution in [0.15, 0.2) is 0 Å². The molecule has 0 aromatic rings. The topological polar surface area (TPSA) is 64.3 Å². The van der Waals surface area contributed by atoms with Gasteiger partial charge in [0.2, 0.25) is 5.91 Å². The van der Waals surface area contributed by atoms with E-state index in [2.05, 4.69) is 5.32 Å². The molecule has 1 aliphatic rings. The molecule has 1 aliphatic carbocycles. The smallest absolute Gasteiger partial charge is 0.220 e. The molecule has 0 bridgehead atoms. The maximum Gasteiger partial charge on any atom is 0.220 e. The minimum Gasteiger partial charge on any atom is -0.381 e. The number of ether oxygens (including phenoxy) is 1. The monoisotopic (exact) mass is 214 g/mol. The molecule has 0 heterocycles. The molecule has 0 aliphatic heterocycles. The van der Waals surface area contributed by atoms with Crippen molar-refractivity contribution < 1.29 is 9.53 Å². The molecule has 1 saturated carbocycles. The van der Waals surface area contributed by atoms with E-state index in [9.17, 15) is 4.79 Å². The zero-order chi connectivity index (χ0) is 11.3. The summed E-state index contributed by atoms with van der Waals surface area (Å²) >= 11 is 0. The molecule has 88 valence electrons. The van der Waals surface area contributed by atoms with Gasteiger partial charge in [0.25, 0.3) is 0 Å². The van der Waals surface area contributed by atoms with Crippen molar-refractivity contribution in [1.82, 2.24) is 5.32 Å². The van der Waals surface area contributed by atoms with Crippen molar-refractivity contribution in [3.63, 3.8) is 0 Å². The zero-order valence-electron chi connectivity index (χ0n) is 9.66. The van der Waals surface area contributed by atoms with E-state index < -0.39 is 0 Å². The van der Waals surface area contributed by atoms with Gasteiger partial charge < -0.3 is 15.8 Å². The first-order valence-electron chi connectivity index (χ1n) is 5.69. The van der Waals surface area contributed by atoms with Crippen LogP contribution in [0.2, 0.25) is 0 Å². The van der Waals surface area contributed by atoms with Crippen LogP contribution < -0.4 is 11.1 Å². The van der Waals surface area contributed by atoms with Gasteiger partial charge in [-0.05, 0) is 32.6 Å². The number of nitrogens with one attached hydrogen (secondary N) is 1. The first-order chi connectivity index (χ1) is 7.11. The highest BCUT2D eigenvalue weighted by Crippen LogP contribution is 2.22. The molecule has 4 heteroatoms. The van der Waals surface area contributed by atoms with Gasteiger partial charge in [-0.15, -0.1) is 0 Å². The summed E-state index contributed by atoms with van der Waals surface area (Å²) in [5.74, 6) is 0.148. The summed E-state index contributed by atoms with van der Waals surface area (Å²) in [6, 6.07) is 0.525. The molecule has 1 amide bonds. The lowest BCUT2D eigenvalue weighted by Crippen LogP contribution is -2.47. The average Bonchev–Trinajstić information content (AvgIpc) is 2.09. The molecule has 3 N–H and O–H groups in total. The number of amides is 1. The molecular weight excluding hydrogens is 192 g/mol. The van der Waals surface area contributed by atoms with E-state index in [1.807, 2.05) is 6.92 Å². The zero-order valence-corrected chi connectivity index (χ0v) is 9.66. The summed E-state index contributed by atoms with van der Waals surface area (Å²) < 4.78 is 5.14. The number of carbonyl (C=O) groups is 1. The van der Waals surface area contributed by atoms with Crippen LogP contribution in [-0.4, -0.2) is 31.2 Å². The lowest BCUT2D eigenvalue weighted by atomic mass is 9.89. The van der Waals surface area contributed by atoms with E-state index in [0.717, 1.165) is 25.7 Å². The van der Waals surface area contributed by atoms with Crippen LogP contribution in [0.3, 0.4) is 0 Å². The second-order valence-electron chi connectivity index (χ2n) is 4.46. The third kappa shape index (κ3) is 4.62. The fourth-order valence-electron chi connectivity index (χ4n) is 1.76. The summed E-state index contributed by atoms with van der Waals surface area (Å²) in [7, 11) is 1.71. The highest BCUT2D eigenvalue weighted by atomic mass is 16.5. The average molecular weight is 214 g/mol. The Bertz CT molecular complexity index is 201. The van der Waals surface area contributed by atoms with Crippen molar-refractivity contribution in [1.29, 1.82) is 0 Å². The van der Waals surface area contributed by atoms with Gasteiger partial charge in [0.05, 0.1) is 6.10 Å². The summed E-state index contributed by atoms with van der Waals surface area (Å²) in [6.45, 7) is 1.97. The molecule has 0 aromatic heterocycles. The third-order valence-corrected chi connectivity index (χ3v) is 2.86. The normalized spacial score (nSPS) is 26.9. The van der Waals surface area contributed by atoms with E-state index in [0.29, 0.717) is 18.6 Å². The Hall–Kier alpha value is -0.610. The van der Waals surface area contributed by atoms with Gasteiger partial charge in [-0.3, -0.25) is 4.79 Å². The number of hydrogen-bond donors (Lipinski definition) is 2. The second kappa shape index (κ2) is 6.08. The van der Waals surface area contributed by atoms with Gasteiger partial charge in [0, 0.05) is 25.6 Å². The fraction of sp³-hybridized carbons (Fsp3) is 0.909. The minimum atomic E-state index is 0.148. The number of hydrogen-bond acceptors (Lipinski definition) is 3. The Kier molecular flexibility index (Phi) is 5.05. The van der Waals surface area contributed by atoms with Gasteiger partial charge in [-0.2, -0.15) is 0 Å². The Morgan fingerprint density at radius 1 is 1.60 bits per heavy atom. The summed E-state index contributed by atoms with van der Waals surface area (Å²) in [4.78, 5) is 11.4. The largest absolute Gasteiger partial charge is 0.381 e. The van der Waals surface area contributed by atoms with Crippen molar-refractivity contribution in [3.8, 4) is 0 Å². The molecule has 4 nitrogen and oxygen atoms in total. The number of rotatable bonds is 6. The number of carbonyl (C=O) groups excluding carboxylic acids is 1. The summed E-state index contributed by atoms with van der Waals surface area (Å²) in [5.41, 5.74) is 5.61. The molecule has 1 rings (SSSR count). The maximum atomic E-state index is 11.4. The van der Waals surface area contributed by atoms with E-state index in [-0.39, 0.29) is 11.9 Å². The van der Waals surface area contributed by atoms with Crippen molar-refractivity contribution in [2.24, 2.45) is 5.73 Å². The van der Waals surface area contributed by atoms with E-state index in [1.54, 1.807) is 7.11 Å². The van der Waals surface area contributed by atoms with Gasteiger partial charge in [-0.25, -0.2) is 0 Å². The van der Waals surface area contributed by atoms with E-state index in [1.165, 1.54) is 0 Å². The number of methoxy groups -OCH3 is 1. The molecular formula is C11H22N2O2. The molecule has 1 fully saturated rings. The molecule has 0 spiro atoms. The molecule has 1 unspecified atom stereocenters. The van der Waals surface area contributed by atoms with Crippen LogP contribution in [0.4, 0.5) is 0 Å².